The SMILES string of the molecule is CCS(=O)(=O)Nc1cc(OCC(F)(F)F)cc(OCC(F)(F)F)c1. The summed E-state index contributed by atoms with van der Waals surface area (Å²) in [5.41, 5.74) is -0.284. The Morgan fingerprint density at radius 3 is 1.67 bits per heavy atom. The Labute approximate surface area is 133 Å². The van der Waals surface area contributed by atoms with Gasteiger partial charge in [0, 0.05) is 18.2 Å². The first-order chi connectivity index (χ1) is 10.8. The second-order valence-electron chi connectivity index (χ2n) is 4.51. The van der Waals surface area contributed by atoms with Gasteiger partial charge >= 0.3 is 12.4 Å². The molecule has 0 saturated carbocycles. The van der Waals surface area contributed by atoms with Crippen molar-refractivity contribution in [2.24, 2.45) is 0 Å². The summed E-state index contributed by atoms with van der Waals surface area (Å²) in [5.74, 6) is -1.35. The Balaban J connectivity index is 3.04. The highest BCUT2D eigenvalue weighted by molar-refractivity contribution is 7.92. The van der Waals surface area contributed by atoms with Crippen molar-refractivity contribution >= 4 is 15.7 Å². The third kappa shape index (κ3) is 8.13. The number of nitrogens with one attached hydrogen (secondary N) is 1. The predicted octanol–water partition coefficient (Wildman–Crippen LogP) is 3.33. The van der Waals surface area contributed by atoms with Crippen LogP contribution < -0.4 is 14.2 Å². The highest BCUT2D eigenvalue weighted by atomic mass is 32.2. The molecule has 1 rings (SSSR count). The van der Waals surface area contributed by atoms with E-state index in [1.54, 1.807) is 0 Å². The smallest absolute Gasteiger partial charge is 0.422 e. The maximum absolute atomic E-state index is 12.2. The molecule has 0 bridgehead atoms. The van der Waals surface area contributed by atoms with Gasteiger partial charge in [0.05, 0.1) is 11.4 Å². The van der Waals surface area contributed by atoms with Gasteiger partial charge in [-0.05, 0) is 6.92 Å². The average molecular weight is 381 g/mol. The first-order valence-electron chi connectivity index (χ1n) is 6.34. The number of alkyl halides is 6. The summed E-state index contributed by atoms with van der Waals surface area (Å²) in [4.78, 5) is 0. The molecule has 1 N–H and O–H groups in total. The van der Waals surface area contributed by atoms with Crippen molar-refractivity contribution in [3.8, 4) is 11.5 Å². The van der Waals surface area contributed by atoms with E-state index in [1.807, 2.05) is 4.72 Å². The molecule has 1 aromatic rings. The first-order valence-corrected chi connectivity index (χ1v) is 7.99. The molecule has 0 atom stereocenters. The van der Waals surface area contributed by atoms with E-state index in [4.69, 9.17) is 0 Å². The minimum absolute atomic E-state index is 0.284. The second kappa shape index (κ2) is 7.36. The predicted molar refractivity (Wildman–Crippen MR) is 72.6 cm³/mol. The van der Waals surface area contributed by atoms with Crippen LogP contribution in [0.4, 0.5) is 32.0 Å². The lowest BCUT2D eigenvalue weighted by molar-refractivity contribution is -0.153. The van der Waals surface area contributed by atoms with Crippen LogP contribution in [0.2, 0.25) is 0 Å². The number of rotatable bonds is 7. The fraction of sp³-hybridized carbons (Fsp3) is 0.500. The summed E-state index contributed by atoms with van der Waals surface area (Å²) >= 11 is 0. The Bertz CT molecular complexity index is 620. The van der Waals surface area contributed by atoms with E-state index in [0.29, 0.717) is 0 Å². The third-order valence-electron chi connectivity index (χ3n) is 2.34. The van der Waals surface area contributed by atoms with Gasteiger partial charge in [-0.1, -0.05) is 0 Å². The van der Waals surface area contributed by atoms with E-state index in [9.17, 15) is 34.8 Å². The summed E-state index contributed by atoms with van der Waals surface area (Å²) in [6, 6.07) is 2.60. The van der Waals surface area contributed by atoms with E-state index in [0.717, 1.165) is 18.2 Å². The molecule has 1 aromatic carbocycles. The van der Waals surface area contributed by atoms with Crippen molar-refractivity contribution in [3.05, 3.63) is 18.2 Å². The van der Waals surface area contributed by atoms with Crippen LogP contribution in [-0.4, -0.2) is 39.7 Å². The van der Waals surface area contributed by atoms with E-state index in [2.05, 4.69) is 9.47 Å². The van der Waals surface area contributed by atoms with Crippen LogP contribution in [0.5, 0.6) is 11.5 Å². The number of hydrogen-bond donors (Lipinski definition) is 1. The molecule has 0 aliphatic carbocycles. The zero-order valence-corrected chi connectivity index (χ0v) is 13.0. The molecule has 0 fully saturated rings. The highest BCUT2D eigenvalue weighted by Gasteiger charge is 2.30. The fourth-order valence-corrected chi connectivity index (χ4v) is 2.00. The largest absolute Gasteiger partial charge is 0.484 e. The van der Waals surface area contributed by atoms with Crippen LogP contribution in [0.15, 0.2) is 18.2 Å². The summed E-state index contributed by atoms with van der Waals surface area (Å²) in [7, 11) is -3.80. The molecule has 0 aliphatic rings. The van der Waals surface area contributed by atoms with Gasteiger partial charge in [-0.25, -0.2) is 8.42 Å². The Morgan fingerprint density at radius 2 is 1.33 bits per heavy atom. The van der Waals surface area contributed by atoms with Crippen LogP contribution in [0, 0.1) is 0 Å². The number of sulfonamides is 1. The average Bonchev–Trinajstić information content (AvgIpc) is 2.41. The molecule has 0 heterocycles. The van der Waals surface area contributed by atoms with Gasteiger partial charge in [-0.3, -0.25) is 4.72 Å². The highest BCUT2D eigenvalue weighted by Crippen LogP contribution is 2.29. The van der Waals surface area contributed by atoms with E-state index in [1.165, 1.54) is 6.92 Å². The van der Waals surface area contributed by atoms with Gasteiger partial charge in [0.15, 0.2) is 13.2 Å². The second-order valence-corrected chi connectivity index (χ2v) is 6.52. The van der Waals surface area contributed by atoms with Gasteiger partial charge < -0.3 is 9.47 Å². The lowest BCUT2D eigenvalue weighted by Crippen LogP contribution is -2.21. The standard InChI is InChI=1S/C12H13F6NO4S/c1-2-24(20,21)19-8-3-9(22-6-11(13,14)15)5-10(4-8)23-7-12(16,17)18/h3-5,19H,2,6-7H2,1H3. The minimum Gasteiger partial charge on any atom is -0.484 e. The first kappa shape index (κ1) is 20.2. The quantitative estimate of drug-likeness (QED) is 0.736. The van der Waals surface area contributed by atoms with Crippen LogP contribution in [0.25, 0.3) is 0 Å². The molecule has 0 aliphatic heterocycles. The summed E-state index contributed by atoms with van der Waals surface area (Å²) < 4.78 is 107. The number of halogens is 6. The maximum atomic E-state index is 12.2. The van der Waals surface area contributed by atoms with Crippen LogP contribution in [-0.2, 0) is 10.0 Å². The van der Waals surface area contributed by atoms with E-state index in [-0.39, 0.29) is 11.4 Å². The zero-order valence-electron chi connectivity index (χ0n) is 12.2. The Hall–Kier alpha value is -1.85. The number of ether oxygens (including phenoxy) is 2. The normalized spacial score (nSPS) is 12.8. The molecule has 0 spiro atoms. The topological polar surface area (TPSA) is 64.6 Å². The molecule has 0 unspecified atom stereocenters. The maximum Gasteiger partial charge on any atom is 0.422 e. The molecular weight excluding hydrogens is 368 g/mol. The number of anilines is 1. The molecular formula is C12H13F6NO4S. The minimum atomic E-state index is -4.67. The molecule has 5 nitrogen and oxygen atoms in total. The van der Waals surface area contributed by atoms with E-state index < -0.39 is 47.1 Å². The van der Waals surface area contributed by atoms with Crippen molar-refractivity contribution in [1.82, 2.24) is 0 Å². The molecule has 24 heavy (non-hydrogen) atoms. The molecule has 0 radical (unpaired) electrons. The summed E-state index contributed by atoms with van der Waals surface area (Å²) in [6.45, 7) is -2.10. The molecule has 12 heteroatoms. The van der Waals surface area contributed by atoms with Gasteiger partial charge in [0.1, 0.15) is 11.5 Å². The van der Waals surface area contributed by atoms with Crippen molar-refractivity contribution in [1.29, 1.82) is 0 Å². The summed E-state index contributed by atoms with van der Waals surface area (Å²) in [5, 5.41) is 0. The van der Waals surface area contributed by atoms with E-state index >= 15 is 0 Å². The molecule has 0 aromatic heterocycles. The summed E-state index contributed by atoms with van der Waals surface area (Å²) in [6.07, 6.45) is -9.35. The fourth-order valence-electron chi connectivity index (χ4n) is 1.38. The Morgan fingerprint density at radius 1 is 0.917 bits per heavy atom. The molecule has 138 valence electrons. The van der Waals surface area contributed by atoms with Crippen LogP contribution in [0.3, 0.4) is 0 Å². The lowest BCUT2D eigenvalue weighted by atomic mass is 10.3. The van der Waals surface area contributed by atoms with Crippen molar-refractivity contribution < 1.29 is 44.2 Å². The molecule has 0 saturated heterocycles. The lowest BCUT2D eigenvalue weighted by Gasteiger charge is -2.15. The number of hydrogen-bond acceptors (Lipinski definition) is 4. The van der Waals surface area contributed by atoms with Crippen molar-refractivity contribution in [2.75, 3.05) is 23.7 Å². The van der Waals surface area contributed by atoms with Crippen molar-refractivity contribution in [2.45, 2.75) is 19.3 Å². The third-order valence-corrected chi connectivity index (χ3v) is 3.65. The van der Waals surface area contributed by atoms with Gasteiger partial charge in [-0.2, -0.15) is 26.3 Å². The van der Waals surface area contributed by atoms with Crippen LogP contribution in [0.1, 0.15) is 6.92 Å². The number of benzene rings is 1. The van der Waals surface area contributed by atoms with Crippen LogP contribution >= 0.6 is 0 Å². The van der Waals surface area contributed by atoms with Crippen molar-refractivity contribution in [3.63, 3.8) is 0 Å². The Kier molecular flexibility index (Phi) is 6.20. The monoisotopic (exact) mass is 381 g/mol. The zero-order chi connectivity index (χ0) is 18.6. The van der Waals surface area contributed by atoms with Gasteiger partial charge in [-0.15, -0.1) is 0 Å². The van der Waals surface area contributed by atoms with Gasteiger partial charge in [0.2, 0.25) is 10.0 Å². The molecule has 0 amide bonds. The van der Waals surface area contributed by atoms with Gasteiger partial charge in [0.25, 0.3) is 0 Å².